The number of aromatic carboxylic acids is 1. The Morgan fingerprint density at radius 1 is 1.38 bits per heavy atom. The van der Waals surface area contributed by atoms with Gasteiger partial charge in [-0.15, -0.1) is 0 Å². The second kappa shape index (κ2) is 6.46. The predicted octanol–water partition coefficient (Wildman–Crippen LogP) is 2.71. The van der Waals surface area contributed by atoms with Crippen LogP contribution in [0.5, 0.6) is 0 Å². The van der Waals surface area contributed by atoms with Gasteiger partial charge in [-0.3, -0.25) is 4.79 Å². The summed E-state index contributed by atoms with van der Waals surface area (Å²) in [5.41, 5.74) is -0.276. The van der Waals surface area contributed by atoms with Gasteiger partial charge in [0.25, 0.3) is 5.91 Å². The number of carboxylic acids is 1. The average Bonchev–Trinajstić information content (AvgIpc) is 3.13. The van der Waals surface area contributed by atoms with Crippen LogP contribution in [0.15, 0.2) is 15.0 Å². The van der Waals surface area contributed by atoms with Gasteiger partial charge in [-0.1, -0.05) is 32.9 Å². The largest absolute Gasteiger partial charge is 0.478 e. The molecule has 8 nitrogen and oxygen atoms in total. The minimum Gasteiger partial charge on any atom is -0.478 e. The summed E-state index contributed by atoms with van der Waals surface area (Å²) in [4.78, 5) is 27.7. The number of nitrogens with one attached hydrogen (secondary N) is 1. The lowest BCUT2D eigenvalue weighted by Crippen LogP contribution is -2.26. The number of carbonyl (C=O) groups excluding carboxylic acids is 1. The van der Waals surface area contributed by atoms with E-state index in [1.807, 2.05) is 20.8 Å². The first-order chi connectivity index (χ1) is 11.1. The molecule has 2 aromatic rings. The standard InChI is InChI=1S/C16H21N3O5/c1-6-10-9(14(21)22)7-11(23-10)12(20)17-8(2)13-18-15(19-24-13)16(3,4)5/h7-8H,6H2,1-5H3,(H,17,20)(H,21,22). The van der Waals surface area contributed by atoms with Crippen molar-refractivity contribution in [2.45, 2.75) is 52.5 Å². The molecule has 0 aromatic carbocycles. The third kappa shape index (κ3) is 3.64. The first-order valence-corrected chi connectivity index (χ1v) is 7.64. The molecule has 0 spiro atoms. The summed E-state index contributed by atoms with van der Waals surface area (Å²) < 4.78 is 10.5. The number of nitrogens with zero attached hydrogens (tertiary/aromatic N) is 2. The van der Waals surface area contributed by atoms with E-state index in [0.29, 0.717) is 12.2 Å². The second-order valence-electron chi connectivity index (χ2n) is 6.51. The fraction of sp³-hybridized carbons (Fsp3) is 0.500. The number of carbonyl (C=O) groups is 2. The third-order valence-corrected chi connectivity index (χ3v) is 3.41. The second-order valence-corrected chi connectivity index (χ2v) is 6.51. The van der Waals surface area contributed by atoms with Gasteiger partial charge in [0.05, 0.1) is 0 Å². The quantitative estimate of drug-likeness (QED) is 0.862. The molecule has 0 aliphatic carbocycles. The van der Waals surface area contributed by atoms with Gasteiger partial charge in [-0.05, 0) is 6.92 Å². The van der Waals surface area contributed by atoms with E-state index in [1.165, 1.54) is 6.07 Å². The summed E-state index contributed by atoms with van der Waals surface area (Å²) in [7, 11) is 0. The molecule has 2 heterocycles. The maximum absolute atomic E-state index is 12.2. The molecule has 0 aliphatic rings. The number of furan rings is 1. The third-order valence-electron chi connectivity index (χ3n) is 3.41. The summed E-state index contributed by atoms with van der Waals surface area (Å²) in [5.74, 6) is -0.665. The van der Waals surface area contributed by atoms with Crippen LogP contribution < -0.4 is 5.32 Å². The van der Waals surface area contributed by atoms with E-state index in [4.69, 9.17) is 14.0 Å². The van der Waals surface area contributed by atoms with Crippen molar-refractivity contribution in [3.05, 3.63) is 34.9 Å². The van der Waals surface area contributed by atoms with Crippen LogP contribution in [0.2, 0.25) is 0 Å². The van der Waals surface area contributed by atoms with E-state index in [2.05, 4.69) is 15.5 Å². The number of hydrogen-bond acceptors (Lipinski definition) is 6. The van der Waals surface area contributed by atoms with Crippen LogP contribution in [-0.2, 0) is 11.8 Å². The summed E-state index contributed by atoms with van der Waals surface area (Å²) in [5, 5.41) is 15.7. The first kappa shape index (κ1) is 17.7. The van der Waals surface area contributed by atoms with Crippen molar-refractivity contribution < 1.29 is 23.6 Å². The lowest BCUT2D eigenvalue weighted by molar-refractivity contribution is 0.0694. The monoisotopic (exact) mass is 335 g/mol. The van der Waals surface area contributed by atoms with Crippen LogP contribution in [0.4, 0.5) is 0 Å². The van der Waals surface area contributed by atoms with E-state index in [9.17, 15) is 9.59 Å². The molecule has 2 N–H and O–H groups in total. The van der Waals surface area contributed by atoms with E-state index < -0.39 is 17.9 Å². The molecule has 130 valence electrons. The van der Waals surface area contributed by atoms with Gasteiger partial charge in [0.1, 0.15) is 17.4 Å². The first-order valence-electron chi connectivity index (χ1n) is 7.64. The number of rotatable bonds is 5. The minimum absolute atomic E-state index is 0.0110. The van der Waals surface area contributed by atoms with E-state index in [-0.39, 0.29) is 28.4 Å². The maximum Gasteiger partial charge on any atom is 0.339 e. The molecule has 0 radical (unpaired) electrons. The summed E-state index contributed by atoms with van der Waals surface area (Å²) in [6, 6.07) is 0.682. The molecule has 2 aromatic heterocycles. The lowest BCUT2D eigenvalue weighted by Gasteiger charge is -2.11. The Bertz CT molecular complexity index is 754. The highest BCUT2D eigenvalue weighted by molar-refractivity contribution is 5.96. The van der Waals surface area contributed by atoms with Crippen LogP contribution >= 0.6 is 0 Å². The Labute approximate surface area is 139 Å². The highest BCUT2D eigenvalue weighted by Crippen LogP contribution is 2.21. The summed E-state index contributed by atoms with van der Waals surface area (Å²) in [6.07, 6.45) is 0.378. The van der Waals surface area contributed by atoms with Crippen LogP contribution in [0.3, 0.4) is 0 Å². The van der Waals surface area contributed by atoms with Crippen molar-refractivity contribution in [2.75, 3.05) is 0 Å². The highest BCUT2D eigenvalue weighted by Gasteiger charge is 2.25. The molecule has 0 fully saturated rings. The Kier molecular flexibility index (Phi) is 4.77. The summed E-state index contributed by atoms with van der Waals surface area (Å²) >= 11 is 0. The fourth-order valence-electron chi connectivity index (χ4n) is 2.03. The molecule has 0 saturated carbocycles. The molecule has 0 saturated heterocycles. The van der Waals surface area contributed by atoms with Crippen LogP contribution in [0.1, 0.15) is 79.0 Å². The zero-order valence-electron chi connectivity index (χ0n) is 14.3. The zero-order chi connectivity index (χ0) is 18.1. The van der Waals surface area contributed by atoms with Gasteiger partial charge in [0, 0.05) is 17.9 Å². The van der Waals surface area contributed by atoms with Gasteiger partial charge in [-0.2, -0.15) is 4.98 Å². The topological polar surface area (TPSA) is 118 Å². The highest BCUT2D eigenvalue weighted by atomic mass is 16.5. The number of carboxylic acid groups (broad SMARTS) is 1. The average molecular weight is 335 g/mol. The number of amides is 1. The predicted molar refractivity (Wildman–Crippen MR) is 83.9 cm³/mol. The van der Waals surface area contributed by atoms with Gasteiger partial charge in [-0.25, -0.2) is 4.79 Å². The molecule has 1 unspecified atom stereocenters. The summed E-state index contributed by atoms with van der Waals surface area (Å²) in [6.45, 7) is 9.30. The molecule has 24 heavy (non-hydrogen) atoms. The molecule has 8 heteroatoms. The van der Waals surface area contributed by atoms with Gasteiger partial charge in [0.15, 0.2) is 11.6 Å². The van der Waals surface area contributed by atoms with Crippen molar-refractivity contribution in [1.82, 2.24) is 15.5 Å². The SMILES string of the molecule is CCc1oc(C(=O)NC(C)c2nc(C(C)(C)C)no2)cc1C(=O)O. The van der Waals surface area contributed by atoms with Crippen LogP contribution in [0, 0.1) is 0 Å². The van der Waals surface area contributed by atoms with E-state index >= 15 is 0 Å². The molecule has 0 aliphatic heterocycles. The maximum atomic E-state index is 12.2. The van der Waals surface area contributed by atoms with E-state index in [1.54, 1.807) is 13.8 Å². The molecule has 2 rings (SSSR count). The van der Waals surface area contributed by atoms with Crippen LogP contribution in [0.25, 0.3) is 0 Å². The van der Waals surface area contributed by atoms with Crippen molar-refractivity contribution in [1.29, 1.82) is 0 Å². The van der Waals surface area contributed by atoms with Crippen molar-refractivity contribution >= 4 is 11.9 Å². The number of aromatic nitrogens is 2. The Morgan fingerprint density at radius 2 is 2.04 bits per heavy atom. The van der Waals surface area contributed by atoms with Crippen molar-refractivity contribution in [2.24, 2.45) is 0 Å². The Morgan fingerprint density at radius 3 is 2.50 bits per heavy atom. The van der Waals surface area contributed by atoms with Gasteiger partial charge in [0.2, 0.25) is 5.89 Å². The zero-order valence-corrected chi connectivity index (χ0v) is 14.3. The number of hydrogen-bond donors (Lipinski definition) is 2. The number of aryl methyl sites for hydroxylation is 1. The Hall–Kier alpha value is -2.64. The minimum atomic E-state index is -1.13. The van der Waals surface area contributed by atoms with Crippen molar-refractivity contribution in [3.8, 4) is 0 Å². The molecule has 0 bridgehead atoms. The Balaban J connectivity index is 2.14. The van der Waals surface area contributed by atoms with Gasteiger partial charge < -0.3 is 19.4 Å². The lowest BCUT2D eigenvalue weighted by atomic mass is 9.96. The van der Waals surface area contributed by atoms with Crippen molar-refractivity contribution in [3.63, 3.8) is 0 Å². The molecular weight excluding hydrogens is 314 g/mol. The molecule has 1 amide bonds. The smallest absolute Gasteiger partial charge is 0.339 e. The molecular formula is C16H21N3O5. The van der Waals surface area contributed by atoms with Crippen LogP contribution in [-0.4, -0.2) is 27.1 Å². The van der Waals surface area contributed by atoms with E-state index in [0.717, 1.165) is 0 Å². The fourth-order valence-corrected chi connectivity index (χ4v) is 2.03. The normalized spacial score (nSPS) is 12.9. The molecule has 1 atom stereocenters. The van der Waals surface area contributed by atoms with Gasteiger partial charge >= 0.3 is 5.97 Å².